The van der Waals surface area contributed by atoms with Gasteiger partial charge in [-0.2, -0.15) is 0 Å². The number of aliphatic hydroxyl groups excluding tert-OH is 1. The predicted molar refractivity (Wildman–Crippen MR) is 260 cm³/mol. The highest BCUT2D eigenvalue weighted by atomic mass is 16.6. The minimum absolute atomic E-state index is 0.176. The molecule has 0 aliphatic heterocycles. The molecule has 0 bridgehead atoms. The number of rotatable bonds is 49. The highest BCUT2D eigenvalue weighted by Crippen LogP contribution is 2.15. The second-order valence-electron chi connectivity index (χ2n) is 17.6. The van der Waals surface area contributed by atoms with Crippen LogP contribution in [0.2, 0.25) is 0 Å². The topological polar surface area (TPSA) is 55.8 Å². The Morgan fingerprint density at radius 1 is 0.407 bits per heavy atom. The lowest BCUT2D eigenvalue weighted by Crippen LogP contribution is -2.27. The van der Waals surface area contributed by atoms with Gasteiger partial charge in [-0.25, -0.2) is 0 Å². The molecule has 0 saturated heterocycles. The molecule has 0 amide bonds. The third-order valence-corrected chi connectivity index (χ3v) is 11.6. The van der Waals surface area contributed by atoms with Crippen molar-refractivity contribution in [2.75, 3.05) is 19.8 Å². The number of hydrogen-bond donors (Lipinski definition) is 1. The van der Waals surface area contributed by atoms with Crippen LogP contribution in [0.25, 0.3) is 0 Å². The SMILES string of the molecule is CCCCCCC/C=C\C/C=C\C/C=C\CCCCCCCCC(=O)OC(CO)COCCCCCCCCCCCCCCCC/C=C\CCCCCCCCCC. The standard InChI is InChI=1S/C55H102O4/c1-3-5-7-9-11-13-15-17-19-21-23-25-26-27-28-29-31-33-35-37-39-41-43-45-47-49-51-58-53-54(52-56)59-55(57)50-48-46-44-42-40-38-36-34-32-30-24-22-20-18-16-14-12-10-8-6-4-2/h16,18,21-24,32,34,54,56H,3-15,17,19-20,25-31,33,35-53H2,1-2H3/b18-16-,23-21-,24-22-,34-32-. The first kappa shape index (κ1) is 57.3. The number of unbranched alkanes of at least 4 members (excludes halogenated alkanes) is 33. The Kier molecular flexibility index (Phi) is 51.0. The van der Waals surface area contributed by atoms with Crippen molar-refractivity contribution in [2.45, 2.75) is 277 Å². The number of allylic oxidation sites excluding steroid dienone is 8. The van der Waals surface area contributed by atoms with Crippen LogP contribution in [0, 0.1) is 0 Å². The molecule has 59 heavy (non-hydrogen) atoms. The zero-order valence-electron chi connectivity index (χ0n) is 39.8. The molecular formula is C55H102O4. The summed E-state index contributed by atoms with van der Waals surface area (Å²) in [5.41, 5.74) is 0. The number of ether oxygens (including phenoxy) is 2. The van der Waals surface area contributed by atoms with Gasteiger partial charge in [-0.05, 0) is 77.0 Å². The van der Waals surface area contributed by atoms with E-state index in [2.05, 4.69) is 62.5 Å². The van der Waals surface area contributed by atoms with Gasteiger partial charge in [0.05, 0.1) is 13.2 Å². The van der Waals surface area contributed by atoms with Crippen molar-refractivity contribution in [3.8, 4) is 0 Å². The lowest BCUT2D eigenvalue weighted by Gasteiger charge is -2.16. The average molecular weight is 827 g/mol. The van der Waals surface area contributed by atoms with Crippen LogP contribution in [0.5, 0.6) is 0 Å². The van der Waals surface area contributed by atoms with Gasteiger partial charge in [0.1, 0.15) is 6.10 Å². The van der Waals surface area contributed by atoms with Gasteiger partial charge in [0.15, 0.2) is 0 Å². The molecule has 1 atom stereocenters. The van der Waals surface area contributed by atoms with Crippen molar-refractivity contribution in [1.29, 1.82) is 0 Å². The maximum Gasteiger partial charge on any atom is 0.306 e. The summed E-state index contributed by atoms with van der Waals surface area (Å²) < 4.78 is 11.2. The van der Waals surface area contributed by atoms with E-state index in [9.17, 15) is 9.90 Å². The molecule has 0 heterocycles. The van der Waals surface area contributed by atoms with Gasteiger partial charge in [0.25, 0.3) is 0 Å². The molecule has 0 aromatic carbocycles. The molecule has 1 N–H and O–H groups in total. The van der Waals surface area contributed by atoms with E-state index < -0.39 is 6.10 Å². The van der Waals surface area contributed by atoms with E-state index in [1.54, 1.807) is 0 Å². The summed E-state index contributed by atoms with van der Waals surface area (Å²) in [6.07, 6.45) is 69.2. The maximum absolute atomic E-state index is 12.3. The Labute approximate surface area is 369 Å². The molecule has 0 aromatic heterocycles. The molecule has 0 saturated carbocycles. The minimum atomic E-state index is -0.542. The van der Waals surface area contributed by atoms with E-state index >= 15 is 0 Å². The van der Waals surface area contributed by atoms with Gasteiger partial charge in [0.2, 0.25) is 0 Å². The lowest BCUT2D eigenvalue weighted by molar-refractivity contribution is -0.154. The summed E-state index contributed by atoms with van der Waals surface area (Å²) in [4.78, 5) is 12.3. The molecule has 1 unspecified atom stereocenters. The van der Waals surface area contributed by atoms with Crippen LogP contribution in [-0.2, 0) is 14.3 Å². The van der Waals surface area contributed by atoms with Gasteiger partial charge in [-0.3, -0.25) is 4.79 Å². The van der Waals surface area contributed by atoms with E-state index in [-0.39, 0.29) is 12.6 Å². The maximum atomic E-state index is 12.3. The fourth-order valence-corrected chi connectivity index (χ4v) is 7.69. The Hall–Kier alpha value is -1.65. The number of hydrogen-bond acceptors (Lipinski definition) is 4. The molecule has 4 nitrogen and oxygen atoms in total. The first-order chi connectivity index (χ1) is 29.2. The second kappa shape index (κ2) is 52.5. The summed E-state index contributed by atoms with van der Waals surface area (Å²) >= 11 is 0. The fourth-order valence-electron chi connectivity index (χ4n) is 7.69. The van der Waals surface area contributed by atoms with Gasteiger partial charge >= 0.3 is 5.97 Å². The molecule has 0 aromatic rings. The number of carbonyl (C=O) groups excluding carboxylic acids is 1. The highest BCUT2D eigenvalue weighted by molar-refractivity contribution is 5.69. The Morgan fingerprint density at radius 3 is 1.08 bits per heavy atom. The molecule has 4 heteroatoms. The van der Waals surface area contributed by atoms with Gasteiger partial charge in [-0.15, -0.1) is 0 Å². The lowest BCUT2D eigenvalue weighted by atomic mass is 10.0. The van der Waals surface area contributed by atoms with Crippen LogP contribution in [0.1, 0.15) is 271 Å². The number of esters is 1. The van der Waals surface area contributed by atoms with E-state index in [1.807, 2.05) is 0 Å². The van der Waals surface area contributed by atoms with Crippen molar-refractivity contribution in [3.63, 3.8) is 0 Å². The van der Waals surface area contributed by atoms with Crippen molar-refractivity contribution in [1.82, 2.24) is 0 Å². The molecule has 346 valence electrons. The van der Waals surface area contributed by atoms with Crippen LogP contribution in [0.4, 0.5) is 0 Å². The van der Waals surface area contributed by atoms with Crippen molar-refractivity contribution < 1.29 is 19.4 Å². The van der Waals surface area contributed by atoms with E-state index in [4.69, 9.17) is 9.47 Å². The van der Waals surface area contributed by atoms with Crippen molar-refractivity contribution in [2.24, 2.45) is 0 Å². The minimum Gasteiger partial charge on any atom is -0.457 e. The summed E-state index contributed by atoms with van der Waals surface area (Å²) in [6, 6.07) is 0. The van der Waals surface area contributed by atoms with Crippen LogP contribution >= 0.6 is 0 Å². The monoisotopic (exact) mass is 827 g/mol. The quantitative estimate of drug-likeness (QED) is 0.0377. The third kappa shape index (κ3) is 50.6. The van der Waals surface area contributed by atoms with Crippen LogP contribution < -0.4 is 0 Å². The second-order valence-corrected chi connectivity index (χ2v) is 17.6. The smallest absolute Gasteiger partial charge is 0.306 e. The van der Waals surface area contributed by atoms with E-state index in [0.29, 0.717) is 19.6 Å². The number of aliphatic hydroxyl groups is 1. The van der Waals surface area contributed by atoms with E-state index in [1.165, 1.54) is 205 Å². The summed E-state index contributed by atoms with van der Waals surface area (Å²) in [7, 11) is 0. The molecule has 0 aliphatic carbocycles. The molecule has 0 fully saturated rings. The van der Waals surface area contributed by atoms with Crippen molar-refractivity contribution in [3.05, 3.63) is 48.6 Å². The Balaban J connectivity index is 3.41. The molecule has 0 spiro atoms. The Bertz CT molecular complexity index is 920. The highest BCUT2D eigenvalue weighted by Gasteiger charge is 2.13. The van der Waals surface area contributed by atoms with Gasteiger partial charge < -0.3 is 14.6 Å². The first-order valence-corrected chi connectivity index (χ1v) is 26.2. The van der Waals surface area contributed by atoms with Crippen LogP contribution in [0.15, 0.2) is 48.6 Å². The average Bonchev–Trinajstić information content (AvgIpc) is 3.24. The van der Waals surface area contributed by atoms with Gasteiger partial charge in [0, 0.05) is 13.0 Å². The van der Waals surface area contributed by atoms with E-state index in [0.717, 1.165) is 44.9 Å². The molecule has 0 rings (SSSR count). The van der Waals surface area contributed by atoms with Crippen LogP contribution in [-0.4, -0.2) is 37.0 Å². The van der Waals surface area contributed by atoms with Crippen molar-refractivity contribution >= 4 is 5.97 Å². The van der Waals surface area contributed by atoms with Gasteiger partial charge in [-0.1, -0.05) is 236 Å². The van der Waals surface area contributed by atoms with Crippen LogP contribution in [0.3, 0.4) is 0 Å². The predicted octanol–water partition coefficient (Wildman–Crippen LogP) is 17.8. The molecule has 0 radical (unpaired) electrons. The zero-order chi connectivity index (χ0) is 42.6. The molecular weight excluding hydrogens is 725 g/mol. The fraction of sp³-hybridized carbons (Fsp3) is 0.836. The summed E-state index contributed by atoms with van der Waals surface area (Å²) in [6.45, 7) is 5.35. The first-order valence-electron chi connectivity index (χ1n) is 26.2. The molecule has 0 aliphatic rings. The summed E-state index contributed by atoms with van der Waals surface area (Å²) in [5.74, 6) is -0.209. The Morgan fingerprint density at radius 2 is 0.712 bits per heavy atom. The zero-order valence-corrected chi connectivity index (χ0v) is 39.8. The summed E-state index contributed by atoms with van der Waals surface area (Å²) in [5, 5.41) is 9.65. The largest absolute Gasteiger partial charge is 0.457 e. The third-order valence-electron chi connectivity index (χ3n) is 11.6. The number of carbonyl (C=O) groups is 1. The normalized spacial score (nSPS) is 12.7.